The first-order chi connectivity index (χ1) is 13.5. The van der Waals surface area contributed by atoms with Crippen LogP contribution in [-0.4, -0.2) is 16.7 Å². The number of amides is 1. The largest absolute Gasteiger partial charge is 0.316 e. The van der Waals surface area contributed by atoms with Gasteiger partial charge in [0.05, 0.1) is 21.9 Å². The Labute approximate surface area is 174 Å². The fourth-order valence-corrected chi connectivity index (χ4v) is 3.47. The SMILES string of the molecule is Cc1cc(/C=N\NC(=O)CCc2ccccc2)c(C)n1-c1cccc(Cl)c1Cl. The maximum absolute atomic E-state index is 12.0. The van der Waals surface area contributed by atoms with E-state index in [1.54, 1.807) is 12.3 Å². The molecule has 3 rings (SSSR count). The van der Waals surface area contributed by atoms with E-state index in [2.05, 4.69) is 10.5 Å². The molecule has 0 unspecified atom stereocenters. The Morgan fingerprint density at radius 1 is 1.11 bits per heavy atom. The quantitative estimate of drug-likeness (QED) is 0.421. The van der Waals surface area contributed by atoms with E-state index >= 15 is 0 Å². The van der Waals surface area contributed by atoms with Gasteiger partial charge in [0.25, 0.3) is 0 Å². The highest BCUT2D eigenvalue weighted by Crippen LogP contribution is 2.31. The maximum atomic E-state index is 12.0. The summed E-state index contributed by atoms with van der Waals surface area (Å²) in [5.74, 6) is -0.119. The second-order valence-electron chi connectivity index (χ2n) is 6.51. The lowest BCUT2D eigenvalue weighted by molar-refractivity contribution is -0.121. The Balaban J connectivity index is 1.68. The van der Waals surface area contributed by atoms with Crippen molar-refractivity contribution in [2.45, 2.75) is 26.7 Å². The summed E-state index contributed by atoms with van der Waals surface area (Å²) in [6, 6.07) is 17.4. The molecule has 0 fully saturated rings. The van der Waals surface area contributed by atoms with Crippen molar-refractivity contribution in [1.82, 2.24) is 9.99 Å². The maximum Gasteiger partial charge on any atom is 0.240 e. The fourth-order valence-electron chi connectivity index (χ4n) is 3.09. The molecular weight excluding hydrogens is 393 g/mol. The molecule has 1 amide bonds. The monoisotopic (exact) mass is 413 g/mol. The molecule has 2 aromatic carbocycles. The molecule has 4 nitrogen and oxygen atoms in total. The molecule has 0 saturated carbocycles. The average Bonchev–Trinajstić information content (AvgIpc) is 2.97. The van der Waals surface area contributed by atoms with E-state index in [1.807, 2.05) is 66.9 Å². The fraction of sp³-hybridized carbons (Fsp3) is 0.182. The third-order valence-electron chi connectivity index (χ3n) is 4.52. The predicted molar refractivity (Wildman–Crippen MR) is 116 cm³/mol. The van der Waals surface area contributed by atoms with Crippen molar-refractivity contribution in [1.29, 1.82) is 0 Å². The lowest BCUT2D eigenvalue weighted by Crippen LogP contribution is -2.17. The van der Waals surface area contributed by atoms with Crippen LogP contribution in [0.3, 0.4) is 0 Å². The van der Waals surface area contributed by atoms with Gasteiger partial charge in [-0.05, 0) is 44.0 Å². The molecule has 28 heavy (non-hydrogen) atoms. The first kappa shape index (κ1) is 20.2. The van der Waals surface area contributed by atoms with Gasteiger partial charge in [-0.15, -0.1) is 0 Å². The number of nitrogens with one attached hydrogen (secondary N) is 1. The molecule has 0 atom stereocenters. The zero-order valence-corrected chi connectivity index (χ0v) is 17.3. The summed E-state index contributed by atoms with van der Waals surface area (Å²) in [6.45, 7) is 3.96. The Kier molecular flexibility index (Phi) is 6.55. The number of hydrogen-bond donors (Lipinski definition) is 1. The molecule has 6 heteroatoms. The number of carbonyl (C=O) groups excluding carboxylic acids is 1. The number of halogens is 2. The first-order valence-corrected chi connectivity index (χ1v) is 9.72. The standard InChI is InChI=1S/C22H21Cl2N3O/c1-15-13-18(16(2)27(15)20-10-6-9-19(23)22(20)24)14-25-26-21(28)12-11-17-7-4-3-5-8-17/h3-10,13-14H,11-12H2,1-2H3,(H,26,28)/b25-14-. The number of hydrogen-bond acceptors (Lipinski definition) is 2. The molecule has 0 aliphatic carbocycles. The lowest BCUT2D eigenvalue weighted by atomic mass is 10.1. The molecule has 1 aromatic heterocycles. The van der Waals surface area contributed by atoms with Crippen LogP contribution in [0, 0.1) is 13.8 Å². The molecule has 0 spiro atoms. The first-order valence-electron chi connectivity index (χ1n) is 8.96. The number of aryl methyl sites for hydroxylation is 2. The van der Waals surface area contributed by atoms with E-state index in [0.717, 1.165) is 28.2 Å². The van der Waals surface area contributed by atoms with Crippen LogP contribution in [0.2, 0.25) is 10.0 Å². The third-order valence-corrected chi connectivity index (χ3v) is 5.33. The van der Waals surface area contributed by atoms with Crippen molar-refractivity contribution >= 4 is 35.3 Å². The van der Waals surface area contributed by atoms with Crippen LogP contribution in [0.15, 0.2) is 59.7 Å². The van der Waals surface area contributed by atoms with Crippen molar-refractivity contribution in [2.75, 3.05) is 0 Å². The van der Waals surface area contributed by atoms with Crippen molar-refractivity contribution in [3.63, 3.8) is 0 Å². The molecule has 1 N–H and O–H groups in total. The number of carbonyl (C=O) groups is 1. The van der Waals surface area contributed by atoms with E-state index in [-0.39, 0.29) is 5.91 Å². The summed E-state index contributed by atoms with van der Waals surface area (Å²) in [5, 5.41) is 5.12. The van der Waals surface area contributed by atoms with Crippen LogP contribution >= 0.6 is 23.2 Å². The van der Waals surface area contributed by atoms with Crippen LogP contribution in [0.4, 0.5) is 0 Å². The zero-order valence-electron chi connectivity index (χ0n) is 15.7. The second kappa shape index (κ2) is 9.09. The zero-order chi connectivity index (χ0) is 20.1. The highest BCUT2D eigenvalue weighted by Gasteiger charge is 2.13. The van der Waals surface area contributed by atoms with Crippen LogP contribution in [0.5, 0.6) is 0 Å². The van der Waals surface area contributed by atoms with Gasteiger partial charge in [-0.25, -0.2) is 5.43 Å². The molecule has 0 bridgehead atoms. The van der Waals surface area contributed by atoms with Gasteiger partial charge < -0.3 is 4.57 Å². The molecule has 3 aromatic rings. The van der Waals surface area contributed by atoms with Crippen LogP contribution < -0.4 is 5.43 Å². The van der Waals surface area contributed by atoms with Gasteiger partial charge in [0.15, 0.2) is 0 Å². The van der Waals surface area contributed by atoms with E-state index < -0.39 is 0 Å². The molecule has 144 valence electrons. The van der Waals surface area contributed by atoms with Crippen LogP contribution in [-0.2, 0) is 11.2 Å². The number of aromatic nitrogens is 1. The predicted octanol–water partition coefficient (Wildman–Crippen LogP) is 5.48. The molecule has 0 radical (unpaired) electrons. The Hall–Kier alpha value is -2.56. The molecule has 0 aliphatic heterocycles. The molecular formula is C22H21Cl2N3O. The molecule has 0 aliphatic rings. The normalized spacial score (nSPS) is 11.1. The van der Waals surface area contributed by atoms with Gasteiger partial charge in [-0.1, -0.05) is 59.6 Å². The van der Waals surface area contributed by atoms with Gasteiger partial charge in [-0.2, -0.15) is 5.10 Å². The summed E-state index contributed by atoms with van der Waals surface area (Å²) in [6.07, 6.45) is 2.72. The van der Waals surface area contributed by atoms with Crippen LogP contribution in [0.25, 0.3) is 5.69 Å². The highest BCUT2D eigenvalue weighted by molar-refractivity contribution is 6.43. The summed E-state index contributed by atoms with van der Waals surface area (Å²) in [4.78, 5) is 12.0. The van der Waals surface area contributed by atoms with Crippen molar-refractivity contribution in [2.24, 2.45) is 5.10 Å². The number of rotatable bonds is 6. The van der Waals surface area contributed by atoms with Crippen LogP contribution in [0.1, 0.15) is 28.9 Å². The number of nitrogens with zero attached hydrogens (tertiary/aromatic N) is 2. The summed E-state index contributed by atoms with van der Waals surface area (Å²) in [5.41, 5.74) is 7.40. The van der Waals surface area contributed by atoms with Gasteiger partial charge in [-0.3, -0.25) is 4.79 Å². The second-order valence-corrected chi connectivity index (χ2v) is 7.30. The van der Waals surface area contributed by atoms with E-state index in [9.17, 15) is 4.79 Å². The van der Waals surface area contributed by atoms with Gasteiger partial charge in [0, 0.05) is 23.4 Å². The van der Waals surface area contributed by atoms with Crippen molar-refractivity contribution in [3.05, 3.63) is 87.2 Å². The third kappa shape index (κ3) is 4.64. The van der Waals surface area contributed by atoms with Gasteiger partial charge in [0.1, 0.15) is 0 Å². The summed E-state index contributed by atoms with van der Waals surface area (Å²) < 4.78 is 2.02. The lowest BCUT2D eigenvalue weighted by Gasteiger charge is -2.12. The van der Waals surface area contributed by atoms with Gasteiger partial charge >= 0.3 is 0 Å². The number of hydrazone groups is 1. The minimum absolute atomic E-state index is 0.119. The average molecular weight is 414 g/mol. The smallest absolute Gasteiger partial charge is 0.240 e. The Bertz CT molecular complexity index is 1010. The minimum atomic E-state index is -0.119. The van der Waals surface area contributed by atoms with E-state index in [4.69, 9.17) is 23.2 Å². The summed E-state index contributed by atoms with van der Waals surface area (Å²) >= 11 is 12.5. The number of benzene rings is 2. The van der Waals surface area contributed by atoms with E-state index in [0.29, 0.717) is 22.9 Å². The molecule has 0 saturated heterocycles. The summed E-state index contributed by atoms with van der Waals surface area (Å²) in [7, 11) is 0. The Morgan fingerprint density at radius 2 is 1.86 bits per heavy atom. The minimum Gasteiger partial charge on any atom is -0.316 e. The Morgan fingerprint density at radius 3 is 2.61 bits per heavy atom. The van der Waals surface area contributed by atoms with Crippen molar-refractivity contribution < 1.29 is 4.79 Å². The van der Waals surface area contributed by atoms with Gasteiger partial charge in [0.2, 0.25) is 5.91 Å². The topological polar surface area (TPSA) is 46.4 Å². The highest BCUT2D eigenvalue weighted by atomic mass is 35.5. The van der Waals surface area contributed by atoms with E-state index in [1.165, 1.54) is 0 Å². The van der Waals surface area contributed by atoms with Crippen molar-refractivity contribution in [3.8, 4) is 5.69 Å². The molecule has 1 heterocycles.